The van der Waals surface area contributed by atoms with Crippen molar-refractivity contribution in [3.8, 4) is 0 Å². The molecule has 0 spiro atoms. The molecule has 262 valence electrons. The van der Waals surface area contributed by atoms with Crippen LogP contribution in [0.1, 0.15) is 106 Å². The molecule has 1 saturated heterocycles. The van der Waals surface area contributed by atoms with Crippen molar-refractivity contribution in [1.82, 2.24) is 0 Å². The van der Waals surface area contributed by atoms with Gasteiger partial charge in [-0.25, -0.2) is 0 Å². The van der Waals surface area contributed by atoms with E-state index >= 15 is 0 Å². The van der Waals surface area contributed by atoms with Crippen LogP contribution in [-0.4, -0.2) is 86.1 Å². The molecule has 0 aromatic carbocycles. The normalized spacial score (nSPS) is 46.0. The van der Waals surface area contributed by atoms with E-state index in [1.807, 2.05) is 0 Å². The summed E-state index contributed by atoms with van der Waals surface area (Å²) in [5, 5.41) is 63.7. The molecule has 6 N–H and O–H groups in total. The maximum Gasteiger partial charge on any atom is 0.306 e. The van der Waals surface area contributed by atoms with Gasteiger partial charge in [0.25, 0.3) is 0 Å². The first-order chi connectivity index (χ1) is 21.3. The van der Waals surface area contributed by atoms with Crippen LogP contribution < -0.4 is 0 Å². The van der Waals surface area contributed by atoms with Crippen molar-refractivity contribution in [2.45, 2.75) is 149 Å². The Morgan fingerprint density at radius 3 is 2.28 bits per heavy atom. The van der Waals surface area contributed by atoms with Crippen molar-refractivity contribution in [1.29, 1.82) is 0 Å². The zero-order chi connectivity index (χ0) is 34.1. The number of allylic oxidation sites excluding steroid dienone is 2. The molecule has 0 aromatic rings. The minimum Gasteiger partial charge on any atom is -0.481 e. The van der Waals surface area contributed by atoms with Crippen LogP contribution in [0.25, 0.3) is 0 Å². The van der Waals surface area contributed by atoms with Crippen molar-refractivity contribution in [3.63, 3.8) is 0 Å². The third-order valence-corrected chi connectivity index (χ3v) is 14.3. The molecule has 5 aliphatic rings. The second-order valence-electron chi connectivity index (χ2n) is 17.0. The van der Waals surface area contributed by atoms with E-state index in [1.165, 1.54) is 11.1 Å². The minimum absolute atomic E-state index is 0.0351. The number of fused-ring (bicyclic) bond motifs is 4. The fourth-order valence-electron chi connectivity index (χ4n) is 10.9. The third-order valence-electron chi connectivity index (χ3n) is 14.3. The summed E-state index contributed by atoms with van der Waals surface area (Å²) in [7, 11) is 0. The molecule has 13 atom stereocenters. The van der Waals surface area contributed by atoms with E-state index < -0.39 is 66.8 Å². The van der Waals surface area contributed by atoms with Gasteiger partial charge in [-0.3, -0.25) is 4.79 Å². The SMILES string of the molecule is C=C(CC[C@@H](C(=O)O)[C@H]1CC[C@@]2(C)C3=C(CC[C@]12C)[C@@]1(C)CC[C@H](O)C(C)(C)[C@@H]1C[C@H]3O[C@@H]1O[C@H](CO)[C@H](O)[C@@H](O)[C@H]1O)C(C)C. The molecule has 9 heteroatoms. The number of rotatable bonds is 9. The molecule has 46 heavy (non-hydrogen) atoms. The van der Waals surface area contributed by atoms with Crippen molar-refractivity contribution in [2.75, 3.05) is 6.61 Å². The summed E-state index contributed by atoms with van der Waals surface area (Å²) >= 11 is 0. The quantitative estimate of drug-likeness (QED) is 0.197. The Balaban J connectivity index is 1.58. The highest BCUT2D eigenvalue weighted by molar-refractivity contribution is 5.71. The summed E-state index contributed by atoms with van der Waals surface area (Å²) in [5.74, 6) is -0.913. The highest BCUT2D eigenvalue weighted by Gasteiger charge is 2.66. The fraction of sp³-hybridized carbons (Fsp3) is 0.865. The summed E-state index contributed by atoms with van der Waals surface area (Å²) in [4.78, 5) is 12.9. The summed E-state index contributed by atoms with van der Waals surface area (Å²) in [6.45, 7) is 19.0. The van der Waals surface area contributed by atoms with Crippen LogP contribution in [0, 0.1) is 45.3 Å². The number of aliphatic carboxylic acids is 1. The Hall–Kier alpha value is -1.33. The van der Waals surface area contributed by atoms with Gasteiger partial charge in [0.2, 0.25) is 0 Å². The monoisotopic (exact) mass is 648 g/mol. The Morgan fingerprint density at radius 1 is 1.00 bits per heavy atom. The molecule has 0 bridgehead atoms. The molecule has 2 saturated carbocycles. The first-order valence-corrected chi connectivity index (χ1v) is 17.6. The van der Waals surface area contributed by atoms with Crippen LogP contribution in [-0.2, 0) is 14.3 Å². The summed E-state index contributed by atoms with van der Waals surface area (Å²) in [6.07, 6.45) is -1.30. The smallest absolute Gasteiger partial charge is 0.306 e. The Bertz CT molecular complexity index is 1210. The van der Waals surface area contributed by atoms with Gasteiger partial charge in [0.05, 0.1) is 24.7 Å². The molecular formula is C37H60O9. The van der Waals surface area contributed by atoms with Crippen LogP contribution in [0.2, 0.25) is 0 Å². The zero-order valence-corrected chi connectivity index (χ0v) is 29.0. The molecular weight excluding hydrogens is 588 g/mol. The third kappa shape index (κ3) is 5.44. The van der Waals surface area contributed by atoms with E-state index in [-0.39, 0.29) is 28.1 Å². The van der Waals surface area contributed by atoms with Crippen LogP contribution in [0.15, 0.2) is 23.3 Å². The van der Waals surface area contributed by atoms with Crippen LogP contribution >= 0.6 is 0 Å². The second kappa shape index (κ2) is 12.5. The van der Waals surface area contributed by atoms with Gasteiger partial charge in [0.1, 0.15) is 24.4 Å². The molecule has 0 aromatic heterocycles. The van der Waals surface area contributed by atoms with Gasteiger partial charge >= 0.3 is 5.97 Å². The van der Waals surface area contributed by atoms with Gasteiger partial charge in [-0.1, -0.05) is 66.2 Å². The molecule has 4 aliphatic carbocycles. The molecule has 9 nitrogen and oxygen atoms in total. The maximum atomic E-state index is 12.9. The highest BCUT2D eigenvalue weighted by Crippen LogP contribution is 2.73. The standard InChI is InChI=1S/C37H60O9/c1-19(2)20(3)9-10-21(32(43)44)22-11-16-37(8)28-23(12-15-36(22,37)7)35(6)14-13-27(39)34(4,5)26(35)17-24(28)45-33-31(42)30(41)29(40)25(18-38)46-33/h19,21-22,24-27,29-31,33,38-42H,3,9-18H2,1-2,4-8H3,(H,43,44)/t21-,22-,24-,25-,26+,27+,29+,30-,31-,33-,35-,36-,37+/m1/s1. The number of aliphatic hydroxyl groups is 5. The van der Waals surface area contributed by atoms with Gasteiger partial charge in [-0.05, 0) is 103 Å². The molecule has 1 aliphatic heterocycles. The highest BCUT2D eigenvalue weighted by atomic mass is 16.7. The molecule has 5 rings (SSSR count). The lowest BCUT2D eigenvalue weighted by Gasteiger charge is -2.63. The first kappa shape index (κ1) is 36.0. The van der Waals surface area contributed by atoms with E-state index in [2.05, 4.69) is 55.0 Å². The molecule has 0 radical (unpaired) electrons. The average Bonchev–Trinajstić information content (AvgIpc) is 3.26. The van der Waals surface area contributed by atoms with E-state index in [0.29, 0.717) is 31.6 Å². The minimum atomic E-state index is -1.55. The van der Waals surface area contributed by atoms with Crippen LogP contribution in [0.3, 0.4) is 0 Å². The zero-order valence-electron chi connectivity index (χ0n) is 29.0. The predicted octanol–water partition coefficient (Wildman–Crippen LogP) is 4.58. The average molecular weight is 649 g/mol. The van der Waals surface area contributed by atoms with Crippen molar-refractivity contribution in [2.24, 2.45) is 45.3 Å². The van der Waals surface area contributed by atoms with Gasteiger partial charge < -0.3 is 40.1 Å². The van der Waals surface area contributed by atoms with Gasteiger partial charge in [0.15, 0.2) is 6.29 Å². The number of carbonyl (C=O) groups is 1. The lowest BCUT2D eigenvalue weighted by molar-refractivity contribution is -0.313. The Labute approximate surface area is 275 Å². The largest absolute Gasteiger partial charge is 0.481 e. The van der Waals surface area contributed by atoms with E-state index in [4.69, 9.17) is 9.47 Å². The summed E-state index contributed by atoms with van der Waals surface area (Å²) in [6, 6.07) is 0. The van der Waals surface area contributed by atoms with Crippen molar-refractivity contribution < 1.29 is 44.9 Å². The number of hydrogen-bond donors (Lipinski definition) is 6. The van der Waals surface area contributed by atoms with Gasteiger partial charge in [0, 0.05) is 0 Å². The van der Waals surface area contributed by atoms with E-state index in [1.54, 1.807) is 0 Å². The van der Waals surface area contributed by atoms with E-state index in [0.717, 1.165) is 37.7 Å². The molecule has 3 fully saturated rings. The Kier molecular flexibility index (Phi) is 9.79. The topological polar surface area (TPSA) is 157 Å². The lowest BCUT2D eigenvalue weighted by Crippen LogP contribution is -2.62. The second-order valence-corrected chi connectivity index (χ2v) is 17.0. The van der Waals surface area contributed by atoms with E-state index in [9.17, 15) is 35.4 Å². The number of carboxylic acids is 1. The predicted molar refractivity (Wildman–Crippen MR) is 173 cm³/mol. The number of carboxylic acid groups (broad SMARTS) is 1. The lowest BCUT2D eigenvalue weighted by atomic mass is 9.42. The van der Waals surface area contributed by atoms with Crippen LogP contribution in [0.4, 0.5) is 0 Å². The van der Waals surface area contributed by atoms with Crippen LogP contribution in [0.5, 0.6) is 0 Å². The van der Waals surface area contributed by atoms with Crippen molar-refractivity contribution >= 4 is 5.97 Å². The summed E-state index contributed by atoms with van der Waals surface area (Å²) in [5.41, 5.74) is 2.28. The van der Waals surface area contributed by atoms with Gasteiger partial charge in [-0.2, -0.15) is 0 Å². The first-order valence-electron chi connectivity index (χ1n) is 17.6. The molecule has 0 unspecified atom stereocenters. The summed E-state index contributed by atoms with van der Waals surface area (Å²) < 4.78 is 12.6. The number of aliphatic hydroxyl groups excluding tert-OH is 5. The molecule has 0 amide bonds. The van der Waals surface area contributed by atoms with Crippen molar-refractivity contribution in [3.05, 3.63) is 23.3 Å². The maximum absolute atomic E-state index is 12.9. The Morgan fingerprint density at radius 2 is 1.67 bits per heavy atom. The molecule has 1 heterocycles. The van der Waals surface area contributed by atoms with Gasteiger partial charge in [-0.15, -0.1) is 0 Å². The fourth-order valence-corrected chi connectivity index (χ4v) is 10.9. The number of ether oxygens (including phenoxy) is 2. The number of hydrogen-bond acceptors (Lipinski definition) is 8.